The number of rotatable bonds is 6. The highest BCUT2D eigenvalue weighted by atomic mass is 32.2. The summed E-state index contributed by atoms with van der Waals surface area (Å²) in [6.45, 7) is 4.45. The molecule has 0 saturated heterocycles. The number of thiophene rings is 1. The fourth-order valence-electron chi connectivity index (χ4n) is 1.94. The number of ketones is 1. The normalized spacial score (nSPS) is 11.1. The highest BCUT2D eigenvalue weighted by Crippen LogP contribution is 2.42. The van der Waals surface area contributed by atoms with Gasteiger partial charge in [-0.25, -0.2) is 0 Å². The zero-order valence-corrected chi connectivity index (χ0v) is 14.3. The van der Waals surface area contributed by atoms with Crippen LogP contribution >= 0.6 is 23.1 Å². The Kier molecular flexibility index (Phi) is 4.95. The fraction of sp³-hybridized carbons (Fsp3) is 0.429. The molecule has 2 aromatic heterocycles. The van der Waals surface area contributed by atoms with E-state index in [0.717, 1.165) is 15.5 Å². The lowest BCUT2D eigenvalue weighted by molar-refractivity contribution is 0.0944. The predicted octanol–water partition coefficient (Wildman–Crippen LogP) is 3.24. The van der Waals surface area contributed by atoms with Crippen molar-refractivity contribution in [3.63, 3.8) is 0 Å². The number of nitrogen functional groups attached to an aromatic ring is 1. The summed E-state index contributed by atoms with van der Waals surface area (Å²) in [6, 6.07) is 0. The van der Waals surface area contributed by atoms with Crippen LogP contribution in [0, 0.1) is 5.92 Å². The summed E-state index contributed by atoms with van der Waals surface area (Å²) < 4.78 is 1.77. The first-order valence-corrected chi connectivity index (χ1v) is 8.70. The van der Waals surface area contributed by atoms with Gasteiger partial charge in [-0.05, 0) is 6.26 Å². The number of nitrogens with zero attached hydrogens (tertiary/aromatic N) is 2. The van der Waals surface area contributed by atoms with Crippen molar-refractivity contribution in [1.29, 1.82) is 0 Å². The summed E-state index contributed by atoms with van der Waals surface area (Å²) in [7, 11) is 1.89. The standard InChI is InChI=1S/C14H20N4OS2/c1-8(2)11(19)12-10(15)13(20-4)14(21-12)16-5-9-6-17-18(3)7-9/h6-8,16H,5,15H2,1-4H3. The monoisotopic (exact) mass is 324 g/mol. The molecule has 0 amide bonds. The molecule has 5 nitrogen and oxygen atoms in total. The predicted molar refractivity (Wildman–Crippen MR) is 90.2 cm³/mol. The molecule has 0 bridgehead atoms. The molecular weight excluding hydrogens is 304 g/mol. The average Bonchev–Trinajstić information content (AvgIpc) is 2.99. The summed E-state index contributed by atoms with van der Waals surface area (Å²) in [6.07, 6.45) is 5.75. The Hall–Kier alpha value is -1.47. The first kappa shape index (κ1) is 15.9. The molecule has 2 heterocycles. The largest absolute Gasteiger partial charge is 0.396 e. The van der Waals surface area contributed by atoms with Gasteiger partial charge in [-0.1, -0.05) is 13.8 Å². The third-order valence-corrected chi connectivity index (χ3v) is 5.20. The number of Topliss-reactive ketones (excluding diaryl/α,β-unsaturated/α-hetero) is 1. The van der Waals surface area contributed by atoms with Crippen molar-refractivity contribution in [3.05, 3.63) is 22.8 Å². The second kappa shape index (κ2) is 6.53. The first-order chi connectivity index (χ1) is 9.93. The minimum atomic E-state index is -0.0492. The maximum Gasteiger partial charge on any atom is 0.177 e. The summed E-state index contributed by atoms with van der Waals surface area (Å²) in [5.41, 5.74) is 7.83. The molecule has 3 N–H and O–H groups in total. The highest BCUT2D eigenvalue weighted by molar-refractivity contribution is 7.99. The van der Waals surface area contributed by atoms with Gasteiger partial charge in [-0.2, -0.15) is 5.10 Å². The Morgan fingerprint density at radius 1 is 1.57 bits per heavy atom. The Morgan fingerprint density at radius 2 is 2.29 bits per heavy atom. The van der Waals surface area contributed by atoms with Crippen LogP contribution in [0.3, 0.4) is 0 Å². The molecule has 0 unspecified atom stereocenters. The summed E-state index contributed by atoms with van der Waals surface area (Å²) in [5, 5.41) is 8.45. The van der Waals surface area contributed by atoms with Gasteiger partial charge in [0, 0.05) is 31.3 Å². The lowest BCUT2D eigenvalue weighted by atomic mass is 10.1. The van der Waals surface area contributed by atoms with Crippen LogP contribution < -0.4 is 11.1 Å². The molecule has 0 aliphatic heterocycles. The van der Waals surface area contributed by atoms with Gasteiger partial charge in [0.25, 0.3) is 0 Å². The van der Waals surface area contributed by atoms with E-state index in [1.54, 1.807) is 16.4 Å². The number of hydrogen-bond acceptors (Lipinski definition) is 6. The van der Waals surface area contributed by atoms with Crippen LogP contribution in [0.15, 0.2) is 17.3 Å². The number of anilines is 2. The second-order valence-electron chi connectivity index (χ2n) is 5.10. The smallest absolute Gasteiger partial charge is 0.177 e. The zero-order valence-electron chi connectivity index (χ0n) is 12.6. The van der Waals surface area contributed by atoms with Crippen LogP contribution in [-0.2, 0) is 13.6 Å². The van der Waals surface area contributed by atoms with E-state index < -0.39 is 0 Å². The van der Waals surface area contributed by atoms with Gasteiger partial charge >= 0.3 is 0 Å². The van der Waals surface area contributed by atoms with Gasteiger partial charge in [0.05, 0.1) is 21.7 Å². The number of carbonyl (C=O) groups is 1. The molecule has 114 valence electrons. The van der Waals surface area contributed by atoms with Crippen molar-refractivity contribution in [2.45, 2.75) is 25.3 Å². The highest BCUT2D eigenvalue weighted by Gasteiger charge is 2.22. The molecule has 0 atom stereocenters. The van der Waals surface area contributed by atoms with Crippen LogP contribution in [0.5, 0.6) is 0 Å². The van der Waals surface area contributed by atoms with Crippen LogP contribution in [-0.4, -0.2) is 21.8 Å². The van der Waals surface area contributed by atoms with E-state index in [4.69, 9.17) is 5.73 Å². The third kappa shape index (κ3) is 3.41. The van der Waals surface area contributed by atoms with E-state index in [1.165, 1.54) is 11.3 Å². The van der Waals surface area contributed by atoms with Gasteiger partial charge in [0.2, 0.25) is 0 Å². The van der Waals surface area contributed by atoms with Crippen LogP contribution in [0.1, 0.15) is 29.1 Å². The lowest BCUT2D eigenvalue weighted by Gasteiger charge is -2.04. The molecule has 0 aromatic carbocycles. The van der Waals surface area contributed by atoms with Gasteiger partial charge in [0.15, 0.2) is 5.78 Å². The quantitative estimate of drug-likeness (QED) is 0.630. The minimum Gasteiger partial charge on any atom is -0.396 e. The van der Waals surface area contributed by atoms with Crippen LogP contribution in [0.25, 0.3) is 0 Å². The summed E-state index contributed by atoms with van der Waals surface area (Å²) in [4.78, 5) is 13.8. The number of nitrogens with two attached hydrogens (primary N) is 1. The second-order valence-corrected chi connectivity index (χ2v) is 6.94. The number of aromatic nitrogens is 2. The van der Waals surface area contributed by atoms with Crippen molar-refractivity contribution in [3.8, 4) is 0 Å². The molecule has 2 aromatic rings. The number of aryl methyl sites for hydroxylation is 1. The molecule has 0 saturated carbocycles. The molecule has 0 aliphatic rings. The number of thioether (sulfide) groups is 1. The Bertz CT molecular complexity index is 645. The molecule has 2 rings (SSSR count). The SMILES string of the molecule is CSc1c(NCc2cnn(C)c2)sc(C(=O)C(C)C)c1N. The maximum absolute atomic E-state index is 12.2. The molecule has 0 aliphatic carbocycles. The lowest BCUT2D eigenvalue weighted by Crippen LogP contribution is -2.07. The van der Waals surface area contributed by atoms with E-state index >= 15 is 0 Å². The van der Waals surface area contributed by atoms with Gasteiger partial charge in [0.1, 0.15) is 5.00 Å². The average molecular weight is 324 g/mol. The molecule has 7 heteroatoms. The van der Waals surface area contributed by atoms with E-state index in [0.29, 0.717) is 17.1 Å². The van der Waals surface area contributed by atoms with Crippen molar-refractivity contribution in [2.24, 2.45) is 13.0 Å². The number of carbonyl (C=O) groups excluding carboxylic acids is 1. The van der Waals surface area contributed by atoms with E-state index in [1.807, 2.05) is 39.5 Å². The van der Waals surface area contributed by atoms with E-state index in [9.17, 15) is 4.79 Å². The summed E-state index contributed by atoms with van der Waals surface area (Å²) in [5.74, 6) is 0.0501. The molecule has 21 heavy (non-hydrogen) atoms. The molecule has 0 spiro atoms. The Labute approximate surface area is 132 Å². The van der Waals surface area contributed by atoms with Gasteiger partial charge in [-0.3, -0.25) is 9.48 Å². The van der Waals surface area contributed by atoms with E-state index in [2.05, 4.69) is 10.4 Å². The van der Waals surface area contributed by atoms with Crippen molar-refractivity contribution in [2.75, 3.05) is 17.3 Å². The molecule has 0 radical (unpaired) electrons. The first-order valence-electron chi connectivity index (χ1n) is 6.65. The minimum absolute atomic E-state index is 0.0492. The van der Waals surface area contributed by atoms with Crippen LogP contribution in [0.4, 0.5) is 10.7 Å². The topological polar surface area (TPSA) is 72.9 Å². The molecular formula is C14H20N4OS2. The van der Waals surface area contributed by atoms with Gasteiger partial charge in [-0.15, -0.1) is 23.1 Å². The zero-order chi connectivity index (χ0) is 15.6. The van der Waals surface area contributed by atoms with E-state index in [-0.39, 0.29) is 11.7 Å². The Morgan fingerprint density at radius 3 is 2.81 bits per heavy atom. The fourth-order valence-corrected chi connectivity index (χ4v) is 4.06. The van der Waals surface area contributed by atoms with Crippen molar-refractivity contribution in [1.82, 2.24) is 9.78 Å². The molecule has 0 fully saturated rings. The number of nitrogens with one attached hydrogen (secondary N) is 1. The number of hydrogen-bond donors (Lipinski definition) is 2. The maximum atomic E-state index is 12.2. The van der Waals surface area contributed by atoms with Gasteiger partial charge < -0.3 is 11.1 Å². The van der Waals surface area contributed by atoms with Crippen molar-refractivity contribution < 1.29 is 4.79 Å². The summed E-state index contributed by atoms with van der Waals surface area (Å²) >= 11 is 3.00. The third-order valence-electron chi connectivity index (χ3n) is 3.06. The van der Waals surface area contributed by atoms with Crippen LogP contribution in [0.2, 0.25) is 0 Å². The Balaban J connectivity index is 2.22. The van der Waals surface area contributed by atoms with Crippen molar-refractivity contribution >= 4 is 39.6 Å².